The van der Waals surface area contributed by atoms with Crippen molar-refractivity contribution in [2.75, 3.05) is 11.4 Å². The molecule has 0 saturated carbocycles. The third kappa shape index (κ3) is 5.48. The summed E-state index contributed by atoms with van der Waals surface area (Å²) in [6.07, 6.45) is 2.75. The van der Waals surface area contributed by atoms with Crippen LogP contribution in [-0.4, -0.2) is 48.2 Å². The Morgan fingerprint density at radius 3 is 2.32 bits per heavy atom. The second kappa shape index (κ2) is 10.4. The first-order valence-electron chi connectivity index (χ1n) is 10.9. The Bertz CT molecular complexity index is 1500. The molecule has 38 heavy (non-hydrogen) atoms. The fraction of sp³-hybridized carbons (Fsp3) is 0.167. The summed E-state index contributed by atoms with van der Waals surface area (Å²) in [5, 5.41) is 3.30. The van der Waals surface area contributed by atoms with Gasteiger partial charge in [0.25, 0.3) is 21.7 Å². The van der Waals surface area contributed by atoms with Crippen molar-refractivity contribution in [3.05, 3.63) is 88.7 Å². The lowest BCUT2D eigenvalue weighted by Crippen LogP contribution is -2.33. The smallest absolute Gasteiger partial charge is 0.348 e. The lowest BCUT2D eigenvalue weighted by Gasteiger charge is -2.19. The molecule has 1 aromatic heterocycles. The van der Waals surface area contributed by atoms with E-state index in [0.717, 1.165) is 27.5 Å². The van der Waals surface area contributed by atoms with Crippen LogP contribution in [0.25, 0.3) is 0 Å². The van der Waals surface area contributed by atoms with Gasteiger partial charge >= 0.3 is 11.5 Å². The van der Waals surface area contributed by atoms with Crippen molar-refractivity contribution in [3.8, 4) is 0 Å². The molecule has 4 amide bonds. The first-order valence-corrected chi connectivity index (χ1v) is 12.7. The Hall–Kier alpha value is -3.97. The molecule has 1 aliphatic heterocycles. The maximum atomic E-state index is 13.0. The lowest BCUT2D eigenvalue weighted by atomic mass is 10.1. The van der Waals surface area contributed by atoms with Gasteiger partial charge in [-0.05, 0) is 53.6 Å². The highest BCUT2D eigenvalue weighted by molar-refractivity contribution is 7.92. The highest BCUT2D eigenvalue weighted by Gasteiger charge is 2.47. The van der Waals surface area contributed by atoms with Gasteiger partial charge < -0.3 is 10.2 Å². The predicted octanol–water partition coefficient (Wildman–Crippen LogP) is 3.93. The van der Waals surface area contributed by atoms with Crippen LogP contribution in [0.3, 0.4) is 0 Å². The fourth-order valence-electron chi connectivity index (χ4n) is 3.69. The van der Waals surface area contributed by atoms with E-state index in [1.165, 1.54) is 18.5 Å². The number of benzene rings is 2. The van der Waals surface area contributed by atoms with Gasteiger partial charge in [-0.25, -0.2) is 18.1 Å². The van der Waals surface area contributed by atoms with Gasteiger partial charge in [0.1, 0.15) is 6.54 Å². The zero-order chi connectivity index (χ0) is 27.7. The van der Waals surface area contributed by atoms with Gasteiger partial charge in [0.15, 0.2) is 0 Å². The number of sulfone groups is 1. The zero-order valence-corrected chi connectivity index (χ0v) is 20.8. The third-order valence-electron chi connectivity index (χ3n) is 5.63. The largest absolute Gasteiger partial charge is 0.501 e. The highest BCUT2D eigenvalue weighted by atomic mass is 35.5. The molecule has 1 saturated heterocycles. The molecule has 1 N–H and O–H groups in total. The van der Waals surface area contributed by atoms with Crippen molar-refractivity contribution in [1.29, 1.82) is 0 Å². The Kier molecular flexibility index (Phi) is 7.42. The van der Waals surface area contributed by atoms with E-state index in [-0.39, 0.29) is 30.9 Å². The minimum Gasteiger partial charge on any atom is -0.348 e. The molecule has 14 heteroatoms. The number of carbonyl (C=O) groups is 3. The fourth-order valence-corrected chi connectivity index (χ4v) is 4.57. The summed E-state index contributed by atoms with van der Waals surface area (Å²) in [6, 6.07) is 10.8. The molecule has 0 aliphatic carbocycles. The molecule has 0 bridgehead atoms. The lowest BCUT2D eigenvalue weighted by molar-refractivity contribution is -0.116. The minimum absolute atomic E-state index is 0.0979. The number of anilines is 1. The van der Waals surface area contributed by atoms with Crippen LogP contribution < -0.4 is 10.2 Å². The number of halogens is 4. The van der Waals surface area contributed by atoms with E-state index >= 15 is 0 Å². The maximum Gasteiger partial charge on any atom is 0.501 e. The van der Waals surface area contributed by atoms with Gasteiger partial charge in [-0.3, -0.25) is 14.6 Å². The average molecular weight is 567 g/mol. The highest BCUT2D eigenvalue weighted by Crippen LogP contribution is 2.32. The number of amides is 4. The number of urea groups is 1. The van der Waals surface area contributed by atoms with Crippen molar-refractivity contribution in [2.45, 2.75) is 23.5 Å². The van der Waals surface area contributed by atoms with Gasteiger partial charge in [-0.2, -0.15) is 13.2 Å². The summed E-state index contributed by atoms with van der Waals surface area (Å²) in [5.41, 5.74) is -4.20. The van der Waals surface area contributed by atoms with Crippen LogP contribution in [0.1, 0.15) is 21.5 Å². The van der Waals surface area contributed by atoms with Crippen LogP contribution in [0, 0.1) is 0 Å². The summed E-state index contributed by atoms with van der Waals surface area (Å²) < 4.78 is 61.5. The Labute approximate surface area is 219 Å². The summed E-state index contributed by atoms with van der Waals surface area (Å²) in [4.78, 5) is 43.2. The monoisotopic (exact) mass is 566 g/mol. The number of imide groups is 1. The molecule has 0 atom stereocenters. The number of hydrogen-bond acceptors (Lipinski definition) is 6. The third-order valence-corrected chi connectivity index (χ3v) is 7.38. The van der Waals surface area contributed by atoms with Crippen LogP contribution in [0.4, 0.5) is 23.7 Å². The molecule has 198 valence electrons. The molecule has 2 aromatic carbocycles. The Morgan fingerprint density at radius 1 is 1.03 bits per heavy atom. The predicted molar refractivity (Wildman–Crippen MR) is 130 cm³/mol. The van der Waals surface area contributed by atoms with Gasteiger partial charge in [0.05, 0.1) is 16.1 Å². The number of carbonyl (C=O) groups excluding carboxylic acids is 3. The summed E-state index contributed by atoms with van der Waals surface area (Å²) in [7, 11) is -5.58. The van der Waals surface area contributed by atoms with Crippen LogP contribution in [0.15, 0.2) is 71.9 Å². The van der Waals surface area contributed by atoms with E-state index in [1.54, 1.807) is 24.3 Å². The van der Waals surface area contributed by atoms with Crippen molar-refractivity contribution >= 4 is 45.0 Å². The van der Waals surface area contributed by atoms with Crippen LogP contribution in [0.5, 0.6) is 0 Å². The number of hydrogen-bond donors (Lipinski definition) is 1. The summed E-state index contributed by atoms with van der Waals surface area (Å²) >= 11 is 5.86. The molecule has 0 radical (unpaired) electrons. The molecule has 3 aromatic rings. The summed E-state index contributed by atoms with van der Waals surface area (Å²) in [6.45, 7) is -0.289. The van der Waals surface area contributed by atoms with Crippen LogP contribution >= 0.6 is 11.6 Å². The molecule has 1 aliphatic rings. The van der Waals surface area contributed by atoms with Gasteiger partial charge in [0.2, 0.25) is 0 Å². The van der Waals surface area contributed by atoms with Crippen molar-refractivity contribution in [1.82, 2.24) is 15.2 Å². The van der Waals surface area contributed by atoms with E-state index < -0.39 is 38.1 Å². The number of nitrogens with zero attached hydrogens (tertiary/aromatic N) is 3. The Morgan fingerprint density at radius 2 is 1.68 bits per heavy atom. The van der Waals surface area contributed by atoms with Gasteiger partial charge in [-0.15, -0.1) is 0 Å². The van der Waals surface area contributed by atoms with Gasteiger partial charge in [-0.1, -0.05) is 23.7 Å². The van der Waals surface area contributed by atoms with Crippen molar-refractivity contribution in [3.63, 3.8) is 0 Å². The molecule has 9 nitrogen and oxygen atoms in total. The molecular formula is C24H18ClF3N4O5S. The average Bonchev–Trinajstić information content (AvgIpc) is 3.15. The second-order valence-electron chi connectivity index (χ2n) is 8.15. The summed E-state index contributed by atoms with van der Waals surface area (Å²) in [5.74, 6) is -1.14. The molecule has 1 fully saturated rings. The molecule has 0 spiro atoms. The van der Waals surface area contributed by atoms with E-state index in [1.807, 2.05) is 0 Å². The van der Waals surface area contributed by atoms with Crippen LogP contribution in [0.2, 0.25) is 5.02 Å². The minimum atomic E-state index is -5.58. The second-order valence-corrected chi connectivity index (χ2v) is 10.5. The number of aromatic nitrogens is 1. The van der Waals surface area contributed by atoms with Gasteiger partial charge in [0, 0.05) is 30.5 Å². The number of pyridine rings is 1. The quantitative estimate of drug-likeness (QED) is 0.433. The number of nitrogens with one attached hydrogen (secondary N) is 1. The molecule has 2 heterocycles. The zero-order valence-electron chi connectivity index (χ0n) is 19.3. The van der Waals surface area contributed by atoms with E-state index in [4.69, 9.17) is 11.6 Å². The first kappa shape index (κ1) is 27.1. The maximum absolute atomic E-state index is 13.0. The van der Waals surface area contributed by atoms with E-state index in [9.17, 15) is 36.0 Å². The SMILES string of the molecule is O=C(NCc1ccc(Cl)cc1)c1cnccc1CN1CC(=O)N(c2ccc(S(=O)(=O)C(F)(F)F)cc2)C1=O. The number of alkyl halides is 3. The normalized spacial score (nSPS) is 14.2. The standard InChI is InChI=1S/C24H18ClF3N4O5S/c25-17-3-1-15(2-4-17)11-30-22(34)20-12-29-10-9-16(20)13-31-14-21(33)32(23(31)35)18-5-7-19(8-6-18)38(36,37)24(26,27)28/h1-10,12H,11,13-14H2,(H,30,34). The first-order chi connectivity index (χ1) is 17.9. The molecule has 4 rings (SSSR count). The topological polar surface area (TPSA) is 117 Å². The van der Waals surface area contributed by atoms with E-state index in [2.05, 4.69) is 10.3 Å². The molecule has 0 unspecified atom stereocenters. The van der Waals surface area contributed by atoms with Crippen LogP contribution in [-0.2, 0) is 27.7 Å². The molecular weight excluding hydrogens is 549 g/mol. The van der Waals surface area contributed by atoms with Crippen molar-refractivity contribution in [2.24, 2.45) is 0 Å². The van der Waals surface area contributed by atoms with Crippen molar-refractivity contribution < 1.29 is 36.0 Å². The Balaban J connectivity index is 1.48. The number of rotatable bonds is 7. The van der Waals surface area contributed by atoms with E-state index in [0.29, 0.717) is 22.7 Å².